The van der Waals surface area contributed by atoms with Gasteiger partial charge in [0.25, 0.3) is 5.91 Å². The van der Waals surface area contributed by atoms with E-state index in [4.69, 9.17) is 16.3 Å². The maximum Gasteiger partial charge on any atom is 0.281 e. The van der Waals surface area contributed by atoms with Gasteiger partial charge in [-0.2, -0.15) is 5.10 Å². The van der Waals surface area contributed by atoms with Gasteiger partial charge in [-0.3, -0.25) is 4.79 Å². The number of hydrazone groups is 1. The fourth-order valence-corrected chi connectivity index (χ4v) is 2.41. The minimum absolute atomic E-state index is 0.0737. The first kappa shape index (κ1) is 15.3. The number of hydrogen-bond acceptors (Lipinski definition) is 5. The molecule has 0 atom stereocenters. The van der Waals surface area contributed by atoms with Crippen molar-refractivity contribution in [2.45, 2.75) is 6.92 Å². The Bertz CT molecular complexity index is 656. The Hall–Kier alpha value is -2.05. The molecule has 1 heterocycles. The van der Waals surface area contributed by atoms with Crippen molar-refractivity contribution in [3.05, 3.63) is 45.1 Å². The Morgan fingerprint density at radius 2 is 2.38 bits per heavy atom. The van der Waals surface area contributed by atoms with Crippen molar-refractivity contribution in [3.8, 4) is 11.5 Å². The lowest BCUT2D eigenvalue weighted by molar-refractivity contribution is 0.0959. The number of nitrogens with zero attached hydrogens (tertiary/aromatic N) is 1. The summed E-state index contributed by atoms with van der Waals surface area (Å²) in [5.41, 5.74) is 2.74. The van der Waals surface area contributed by atoms with Crippen LogP contribution in [0.5, 0.6) is 11.5 Å². The molecular weight excluding hydrogens is 312 g/mol. The number of hydrogen-bond donors (Lipinski definition) is 2. The van der Waals surface area contributed by atoms with Crippen molar-refractivity contribution in [1.29, 1.82) is 0 Å². The molecule has 0 aliphatic carbocycles. The molecule has 0 spiro atoms. The number of ether oxygens (including phenoxy) is 1. The quantitative estimate of drug-likeness (QED) is 0.655. The molecule has 1 amide bonds. The highest BCUT2D eigenvalue weighted by Gasteiger charge is 2.09. The van der Waals surface area contributed by atoms with Crippen LogP contribution in [0.4, 0.5) is 0 Å². The average molecular weight is 325 g/mol. The lowest BCUT2D eigenvalue weighted by atomic mass is 10.2. The summed E-state index contributed by atoms with van der Waals surface area (Å²) in [4.78, 5) is 12.2. The highest BCUT2D eigenvalue weighted by atomic mass is 35.5. The third-order valence-corrected chi connectivity index (χ3v) is 3.57. The first-order valence-electron chi connectivity index (χ1n) is 6.14. The Morgan fingerprint density at radius 3 is 3.05 bits per heavy atom. The zero-order valence-corrected chi connectivity index (χ0v) is 12.7. The first-order chi connectivity index (χ1) is 10.1. The van der Waals surface area contributed by atoms with Gasteiger partial charge in [-0.25, -0.2) is 5.43 Å². The molecule has 0 saturated carbocycles. The van der Waals surface area contributed by atoms with E-state index in [1.165, 1.54) is 29.7 Å². The number of carbonyl (C=O) groups is 1. The van der Waals surface area contributed by atoms with E-state index < -0.39 is 0 Å². The van der Waals surface area contributed by atoms with Gasteiger partial charge >= 0.3 is 0 Å². The summed E-state index contributed by atoms with van der Waals surface area (Å²) in [6, 6.07) is 6.52. The molecule has 110 valence electrons. The van der Waals surface area contributed by atoms with Crippen LogP contribution in [0.1, 0.15) is 22.2 Å². The second-order valence-corrected chi connectivity index (χ2v) is 5.34. The molecule has 0 aliphatic rings. The molecule has 1 aromatic heterocycles. The number of amides is 1. The maximum atomic E-state index is 11.7. The van der Waals surface area contributed by atoms with E-state index in [0.717, 1.165) is 0 Å². The standard InChI is InChI=1S/C14H13ClN2O3S/c1-2-20-11-7-10(15)6-9(13(11)18)8-16-17-14(19)12-4-3-5-21-12/h3-8,18H,2H2,1H3,(H,17,19)/b16-8+. The molecule has 0 saturated heterocycles. The SMILES string of the molecule is CCOc1cc(Cl)cc(/C=N/NC(=O)c2cccs2)c1O. The molecule has 2 N–H and O–H groups in total. The smallest absolute Gasteiger partial charge is 0.281 e. The number of phenolic OH excluding ortho intramolecular Hbond substituents is 1. The summed E-state index contributed by atoms with van der Waals surface area (Å²) in [6.45, 7) is 2.20. The number of phenols is 1. The number of aromatic hydroxyl groups is 1. The number of benzene rings is 1. The molecule has 1 aromatic carbocycles. The first-order valence-corrected chi connectivity index (χ1v) is 7.39. The van der Waals surface area contributed by atoms with Crippen molar-refractivity contribution >= 4 is 35.1 Å². The van der Waals surface area contributed by atoms with Crippen molar-refractivity contribution < 1.29 is 14.6 Å². The van der Waals surface area contributed by atoms with Gasteiger partial charge in [0, 0.05) is 16.7 Å². The number of halogens is 1. The summed E-state index contributed by atoms with van der Waals surface area (Å²) in [5.74, 6) is -0.112. The van der Waals surface area contributed by atoms with Crippen LogP contribution in [0.2, 0.25) is 5.02 Å². The van der Waals surface area contributed by atoms with E-state index in [9.17, 15) is 9.90 Å². The van der Waals surface area contributed by atoms with Crippen LogP contribution in [0, 0.1) is 0 Å². The van der Waals surface area contributed by atoms with E-state index >= 15 is 0 Å². The molecule has 5 nitrogen and oxygen atoms in total. The third kappa shape index (κ3) is 3.96. The van der Waals surface area contributed by atoms with Gasteiger partial charge in [-0.05, 0) is 24.4 Å². The Kier molecular flexibility index (Phi) is 5.19. The number of nitrogens with one attached hydrogen (secondary N) is 1. The zero-order valence-electron chi connectivity index (χ0n) is 11.2. The van der Waals surface area contributed by atoms with Crippen LogP contribution in [-0.4, -0.2) is 23.8 Å². The van der Waals surface area contributed by atoms with Crippen molar-refractivity contribution in [3.63, 3.8) is 0 Å². The molecule has 7 heteroatoms. The summed E-state index contributed by atoms with van der Waals surface area (Å²) in [7, 11) is 0. The molecule has 0 aliphatic heterocycles. The molecule has 0 bridgehead atoms. The lowest BCUT2D eigenvalue weighted by Gasteiger charge is -2.08. The molecular formula is C14H13ClN2O3S. The second kappa shape index (κ2) is 7.10. The number of rotatable bonds is 5. The molecule has 0 fully saturated rings. The molecule has 2 rings (SSSR count). The zero-order chi connectivity index (χ0) is 15.2. The van der Waals surface area contributed by atoms with Gasteiger partial charge in [0.2, 0.25) is 0 Å². The Balaban J connectivity index is 2.12. The molecule has 0 unspecified atom stereocenters. The van der Waals surface area contributed by atoms with Gasteiger partial charge in [-0.15, -0.1) is 11.3 Å². The van der Waals surface area contributed by atoms with Crippen LogP contribution < -0.4 is 10.2 Å². The maximum absolute atomic E-state index is 11.7. The predicted molar refractivity (Wildman–Crippen MR) is 83.7 cm³/mol. The van der Waals surface area contributed by atoms with E-state index in [1.807, 2.05) is 0 Å². The number of carbonyl (C=O) groups excluding carboxylic acids is 1. The fourth-order valence-electron chi connectivity index (χ4n) is 1.58. The van der Waals surface area contributed by atoms with Crippen LogP contribution in [-0.2, 0) is 0 Å². The summed E-state index contributed by atoms with van der Waals surface area (Å²) in [6.07, 6.45) is 1.31. The average Bonchev–Trinajstić information content (AvgIpc) is 2.98. The second-order valence-electron chi connectivity index (χ2n) is 3.95. The molecule has 0 radical (unpaired) electrons. The molecule has 21 heavy (non-hydrogen) atoms. The normalized spacial score (nSPS) is 10.8. The Labute approximate surface area is 130 Å². The summed E-state index contributed by atoms with van der Waals surface area (Å²) in [5, 5.41) is 16.0. The van der Waals surface area contributed by atoms with E-state index in [1.54, 1.807) is 24.4 Å². The van der Waals surface area contributed by atoms with Gasteiger partial charge in [0.05, 0.1) is 17.7 Å². The predicted octanol–water partition coefficient (Wildman–Crippen LogP) is 3.27. The van der Waals surface area contributed by atoms with Crippen LogP contribution >= 0.6 is 22.9 Å². The van der Waals surface area contributed by atoms with E-state index in [2.05, 4.69) is 10.5 Å². The van der Waals surface area contributed by atoms with Crippen molar-refractivity contribution in [2.75, 3.05) is 6.61 Å². The Morgan fingerprint density at radius 1 is 1.57 bits per heavy atom. The van der Waals surface area contributed by atoms with Crippen LogP contribution in [0.15, 0.2) is 34.7 Å². The van der Waals surface area contributed by atoms with Crippen molar-refractivity contribution in [1.82, 2.24) is 5.43 Å². The largest absolute Gasteiger partial charge is 0.504 e. The molecule has 2 aromatic rings. The van der Waals surface area contributed by atoms with E-state index in [-0.39, 0.29) is 17.4 Å². The monoisotopic (exact) mass is 324 g/mol. The third-order valence-electron chi connectivity index (χ3n) is 2.48. The van der Waals surface area contributed by atoms with Gasteiger partial charge in [-0.1, -0.05) is 17.7 Å². The topological polar surface area (TPSA) is 70.9 Å². The minimum atomic E-state index is -0.312. The van der Waals surface area contributed by atoms with E-state index in [0.29, 0.717) is 22.1 Å². The van der Waals surface area contributed by atoms with Crippen molar-refractivity contribution in [2.24, 2.45) is 5.10 Å². The minimum Gasteiger partial charge on any atom is -0.504 e. The van der Waals surface area contributed by atoms with Crippen LogP contribution in [0.25, 0.3) is 0 Å². The summed E-state index contributed by atoms with van der Waals surface area (Å²) >= 11 is 7.26. The number of thiophene rings is 1. The highest BCUT2D eigenvalue weighted by Crippen LogP contribution is 2.32. The fraction of sp³-hybridized carbons (Fsp3) is 0.143. The van der Waals surface area contributed by atoms with Gasteiger partial charge < -0.3 is 9.84 Å². The summed E-state index contributed by atoms with van der Waals surface area (Å²) < 4.78 is 5.26. The lowest BCUT2D eigenvalue weighted by Crippen LogP contribution is -2.16. The van der Waals surface area contributed by atoms with Gasteiger partial charge in [0.1, 0.15) is 0 Å². The highest BCUT2D eigenvalue weighted by molar-refractivity contribution is 7.12. The van der Waals surface area contributed by atoms with Gasteiger partial charge in [0.15, 0.2) is 11.5 Å². The van der Waals surface area contributed by atoms with Crippen LogP contribution in [0.3, 0.4) is 0 Å².